The van der Waals surface area contributed by atoms with Crippen LogP contribution in [0.4, 0.5) is 0 Å². The number of rotatable bonds is 6. The van der Waals surface area contributed by atoms with E-state index < -0.39 is 0 Å². The van der Waals surface area contributed by atoms with E-state index in [2.05, 4.69) is 35.1 Å². The van der Waals surface area contributed by atoms with Crippen LogP contribution in [0.15, 0.2) is 23.0 Å². The number of fused-ring (bicyclic) bond motifs is 1. The number of benzene rings is 1. The molecule has 0 spiro atoms. The monoisotopic (exact) mass is 329 g/mol. The summed E-state index contributed by atoms with van der Waals surface area (Å²) in [6.07, 6.45) is 1.09. The second kappa shape index (κ2) is 7.92. The zero-order valence-electron chi connectivity index (χ0n) is 14.7. The summed E-state index contributed by atoms with van der Waals surface area (Å²) in [4.78, 5) is 17.7. The molecule has 2 N–H and O–H groups in total. The molecule has 1 aromatic heterocycles. The molecule has 5 heteroatoms. The number of nitrogens with zero attached hydrogens (tertiary/aromatic N) is 1. The topological polar surface area (TPSA) is 57.4 Å². The van der Waals surface area contributed by atoms with Crippen LogP contribution in [0.5, 0.6) is 0 Å². The first kappa shape index (κ1) is 17.1. The van der Waals surface area contributed by atoms with Crippen LogP contribution >= 0.6 is 0 Å². The number of aryl methyl sites for hydroxylation is 2. The fourth-order valence-corrected chi connectivity index (χ4v) is 3.13. The van der Waals surface area contributed by atoms with Crippen LogP contribution in [0.2, 0.25) is 0 Å². The van der Waals surface area contributed by atoms with Gasteiger partial charge < -0.3 is 15.0 Å². The SMILES string of the molecule is Cc1cc2cc(CNCCCN3CCOCC3)c(=O)[nH]c2cc1C. The summed E-state index contributed by atoms with van der Waals surface area (Å²) in [5, 5.41) is 4.49. The van der Waals surface area contributed by atoms with Gasteiger partial charge in [0, 0.05) is 30.7 Å². The number of hydrogen-bond donors (Lipinski definition) is 2. The summed E-state index contributed by atoms with van der Waals surface area (Å²) in [6.45, 7) is 10.5. The second-order valence-electron chi connectivity index (χ2n) is 6.63. The molecule has 1 aliphatic heterocycles. The molecule has 1 aromatic carbocycles. The lowest BCUT2D eigenvalue weighted by Gasteiger charge is -2.26. The van der Waals surface area contributed by atoms with Crippen molar-refractivity contribution in [1.29, 1.82) is 0 Å². The van der Waals surface area contributed by atoms with Crippen molar-refractivity contribution in [3.63, 3.8) is 0 Å². The van der Waals surface area contributed by atoms with Gasteiger partial charge in [0.15, 0.2) is 0 Å². The highest BCUT2D eigenvalue weighted by Crippen LogP contribution is 2.17. The number of H-pyrrole nitrogens is 1. The third kappa shape index (κ3) is 4.23. The fraction of sp³-hybridized carbons (Fsp3) is 0.526. The molecule has 1 saturated heterocycles. The first-order chi connectivity index (χ1) is 11.6. The minimum atomic E-state index is 0.00596. The van der Waals surface area contributed by atoms with Crippen molar-refractivity contribution in [2.45, 2.75) is 26.8 Å². The molecular weight excluding hydrogens is 302 g/mol. The van der Waals surface area contributed by atoms with Gasteiger partial charge in [0.25, 0.3) is 5.56 Å². The Morgan fingerprint density at radius 1 is 1.17 bits per heavy atom. The van der Waals surface area contributed by atoms with E-state index in [-0.39, 0.29) is 5.56 Å². The molecule has 0 atom stereocenters. The van der Waals surface area contributed by atoms with Crippen LogP contribution in [0.25, 0.3) is 10.9 Å². The van der Waals surface area contributed by atoms with E-state index in [0.29, 0.717) is 6.54 Å². The summed E-state index contributed by atoms with van der Waals surface area (Å²) >= 11 is 0. The van der Waals surface area contributed by atoms with Crippen LogP contribution in [0.3, 0.4) is 0 Å². The molecule has 1 aliphatic rings. The lowest BCUT2D eigenvalue weighted by molar-refractivity contribution is 0.0374. The highest BCUT2D eigenvalue weighted by molar-refractivity contribution is 5.80. The Balaban J connectivity index is 1.54. The van der Waals surface area contributed by atoms with Crippen LogP contribution in [0.1, 0.15) is 23.1 Å². The Morgan fingerprint density at radius 3 is 2.71 bits per heavy atom. The zero-order valence-corrected chi connectivity index (χ0v) is 14.7. The van der Waals surface area contributed by atoms with E-state index >= 15 is 0 Å². The van der Waals surface area contributed by atoms with Crippen LogP contribution in [-0.2, 0) is 11.3 Å². The first-order valence-electron chi connectivity index (χ1n) is 8.77. The predicted octanol–water partition coefficient (Wildman–Crippen LogP) is 1.96. The van der Waals surface area contributed by atoms with E-state index in [1.54, 1.807) is 0 Å². The third-order valence-corrected chi connectivity index (χ3v) is 4.78. The summed E-state index contributed by atoms with van der Waals surface area (Å²) in [7, 11) is 0. The highest BCUT2D eigenvalue weighted by atomic mass is 16.5. The van der Waals surface area contributed by atoms with Gasteiger partial charge in [-0.15, -0.1) is 0 Å². The molecule has 2 aromatic rings. The van der Waals surface area contributed by atoms with Gasteiger partial charge in [-0.05, 0) is 68.1 Å². The second-order valence-corrected chi connectivity index (χ2v) is 6.63. The molecule has 130 valence electrons. The van der Waals surface area contributed by atoms with Crippen LogP contribution in [-0.4, -0.2) is 49.3 Å². The summed E-state index contributed by atoms with van der Waals surface area (Å²) in [6, 6.07) is 6.20. The Bertz CT molecular complexity index is 748. The van der Waals surface area contributed by atoms with Crippen molar-refractivity contribution < 1.29 is 4.74 Å². The van der Waals surface area contributed by atoms with E-state index in [1.807, 2.05) is 12.1 Å². The third-order valence-electron chi connectivity index (χ3n) is 4.78. The predicted molar refractivity (Wildman–Crippen MR) is 97.6 cm³/mol. The molecule has 0 radical (unpaired) electrons. The Labute approximate surface area is 143 Å². The maximum Gasteiger partial charge on any atom is 0.252 e. The quantitative estimate of drug-likeness (QED) is 0.796. The molecule has 0 amide bonds. The summed E-state index contributed by atoms with van der Waals surface area (Å²) in [5.41, 5.74) is 4.17. The minimum Gasteiger partial charge on any atom is -0.379 e. The van der Waals surface area contributed by atoms with E-state index in [9.17, 15) is 4.79 Å². The Kier molecular flexibility index (Phi) is 5.66. The maximum absolute atomic E-state index is 12.2. The van der Waals surface area contributed by atoms with Gasteiger partial charge in [0.05, 0.1) is 13.2 Å². The van der Waals surface area contributed by atoms with Gasteiger partial charge in [-0.2, -0.15) is 0 Å². The molecule has 1 fully saturated rings. The van der Waals surface area contributed by atoms with Gasteiger partial charge in [-0.1, -0.05) is 0 Å². The van der Waals surface area contributed by atoms with Crippen molar-refractivity contribution in [3.05, 3.63) is 45.2 Å². The van der Waals surface area contributed by atoms with Crippen molar-refractivity contribution in [1.82, 2.24) is 15.2 Å². The maximum atomic E-state index is 12.2. The highest BCUT2D eigenvalue weighted by Gasteiger charge is 2.09. The summed E-state index contributed by atoms with van der Waals surface area (Å²) < 4.78 is 5.35. The fourth-order valence-electron chi connectivity index (χ4n) is 3.13. The molecule has 0 aliphatic carbocycles. The van der Waals surface area contributed by atoms with E-state index in [1.165, 1.54) is 11.1 Å². The first-order valence-corrected chi connectivity index (χ1v) is 8.77. The van der Waals surface area contributed by atoms with Gasteiger partial charge in [0.1, 0.15) is 0 Å². The minimum absolute atomic E-state index is 0.00596. The molecule has 0 unspecified atom stereocenters. The smallest absolute Gasteiger partial charge is 0.252 e. The Morgan fingerprint density at radius 2 is 1.92 bits per heavy atom. The van der Waals surface area contributed by atoms with E-state index in [4.69, 9.17) is 4.74 Å². The number of pyridine rings is 1. The van der Waals surface area contributed by atoms with Gasteiger partial charge in [0.2, 0.25) is 0 Å². The lowest BCUT2D eigenvalue weighted by atomic mass is 10.0. The average Bonchev–Trinajstić information content (AvgIpc) is 2.58. The van der Waals surface area contributed by atoms with Gasteiger partial charge in [-0.3, -0.25) is 9.69 Å². The number of hydrogen-bond acceptors (Lipinski definition) is 4. The number of nitrogens with one attached hydrogen (secondary N) is 2. The lowest BCUT2D eigenvalue weighted by Crippen LogP contribution is -2.37. The van der Waals surface area contributed by atoms with Crippen molar-refractivity contribution >= 4 is 10.9 Å². The van der Waals surface area contributed by atoms with Gasteiger partial charge in [-0.25, -0.2) is 0 Å². The molecule has 2 heterocycles. The zero-order chi connectivity index (χ0) is 16.9. The van der Waals surface area contributed by atoms with Crippen LogP contribution < -0.4 is 10.9 Å². The number of aromatic nitrogens is 1. The standard InChI is InChI=1S/C19H27N3O2/c1-14-10-16-12-17(19(23)21-18(16)11-15(14)2)13-20-4-3-5-22-6-8-24-9-7-22/h10-12,20H,3-9,13H2,1-2H3,(H,21,23). The van der Waals surface area contributed by atoms with Crippen molar-refractivity contribution in [2.24, 2.45) is 0 Å². The Hall–Kier alpha value is -1.69. The van der Waals surface area contributed by atoms with Crippen LogP contribution in [0, 0.1) is 13.8 Å². The van der Waals surface area contributed by atoms with Crippen molar-refractivity contribution in [3.8, 4) is 0 Å². The number of morpholine rings is 1. The normalized spacial score (nSPS) is 15.9. The number of ether oxygens (including phenoxy) is 1. The molecule has 0 saturated carbocycles. The number of aromatic amines is 1. The molecule has 24 heavy (non-hydrogen) atoms. The van der Waals surface area contributed by atoms with Gasteiger partial charge >= 0.3 is 0 Å². The van der Waals surface area contributed by atoms with Crippen molar-refractivity contribution in [2.75, 3.05) is 39.4 Å². The summed E-state index contributed by atoms with van der Waals surface area (Å²) in [5.74, 6) is 0. The molecular formula is C19H27N3O2. The largest absolute Gasteiger partial charge is 0.379 e. The molecule has 0 bridgehead atoms. The molecule has 5 nitrogen and oxygen atoms in total. The van der Waals surface area contributed by atoms with E-state index in [0.717, 1.165) is 62.3 Å². The average molecular weight is 329 g/mol. The molecule has 3 rings (SSSR count).